The van der Waals surface area contributed by atoms with Gasteiger partial charge in [-0.25, -0.2) is 0 Å². The molecule has 2 nitrogen and oxygen atoms in total. The van der Waals surface area contributed by atoms with Crippen LogP contribution in [0.5, 0.6) is 0 Å². The average molecular weight is 265 g/mol. The summed E-state index contributed by atoms with van der Waals surface area (Å²) in [7, 11) is 0. The summed E-state index contributed by atoms with van der Waals surface area (Å²) in [4.78, 5) is 2.48. The summed E-state index contributed by atoms with van der Waals surface area (Å²) in [5.74, 6) is 0. The lowest BCUT2D eigenvalue weighted by Crippen LogP contribution is -2.41. The van der Waals surface area contributed by atoms with Crippen molar-refractivity contribution in [2.45, 2.75) is 32.2 Å². The standard InChI is InChI=1S/C18H19NO/c1-13-12-20-18(2)17-10-6-5-9-16(17)15-8-4-3-7-14(15)11-19(13)18/h3-10,13H,11-12H2,1-2H3/t13-,18+/m0/s1. The van der Waals surface area contributed by atoms with Gasteiger partial charge in [0, 0.05) is 18.2 Å². The molecule has 0 N–H and O–H groups in total. The van der Waals surface area contributed by atoms with Crippen molar-refractivity contribution in [3.8, 4) is 11.1 Å². The van der Waals surface area contributed by atoms with Crippen LogP contribution in [0.1, 0.15) is 25.0 Å². The number of ether oxygens (including phenoxy) is 1. The molecule has 0 spiro atoms. The molecular weight excluding hydrogens is 246 g/mol. The monoisotopic (exact) mass is 265 g/mol. The van der Waals surface area contributed by atoms with Crippen molar-refractivity contribution in [3.63, 3.8) is 0 Å². The molecule has 0 aliphatic carbocycles. The molecule has 2 heteroatoms. The van der Waals surface area contributed by atoms with Gasteiger partial charge in [-0.05, 0) is 30.5 Å². The topological polar surface area (TPSA) is 12.5 Å². The second-order valence-electron chi connectivity index (χ2n) is 5.97. The lowest BCUT2D eigenvalue weighted by atomic mass is 9.93. The minimum Gasteiger partial charge on any atom is -0.355 e. The molecule has 2 aliphatic rings. The number of nitrogens with zero attached hydrogens (tertiary/aromatic N) is 1. The average Bonchev–Trinajstić information content (AvgIpc) is 2.71. The summed E-state index contributed by atoms with van der Waals surface area (Å²) >= 11 is 0. The molecule has 2 aliphatic heterocycles. The van der Waals surface area contributed by atoms with Crippen LogP contribution in [0.15, 0.2) is 48.5 Å². The van der Waals surface area contributed by atoms with Gasteiger partial charge < -0.3 is 4.74 Å². The molecule has 0 unspecified atom stereocenters. The van der Waals surface area contributed by atoms with Crippen LogP contribution in [-0.2, 0) is 17.0 Å². The quantitative estimate of drug-likeness (QED) is 0.719. The molecule has 2 aromatic rings. The van der Waals surface area contributed by atoms with E-state index in [1.807, 2.05) is 0 Å². The normalized spacial score (nSPS) is 28.4. The second kappa shape index (κ2) is 4.18. The Bertz CT molecular complexity index is 666. The van der Waals surface area contributed by atoms with E-state index in [9.17, 15) is 0 Å². The Morgan fingerprint density at radius 1 is 1.05 bits per heavy atom. The summed E-state index contributed by atoms with van der Waals surface area (Å²) in [6.07, 6.45) is 0. The molecule has 20 heavy (non-hydrogen) atoms. The molecule has 0 radical (unpaired) electrons. The molecule has 0 amide bonds. The Balaban J connectivity index is 2.03. The zero-order chi connectivity index (χ0) is 13.7. The molecule has 0 saturated carbocycles. The third-order valence-electron chi connectivity index (χ3n) is 4.76. The predicted octanol–water partition coefficient (Wildman–Crippen LogP) is 3.76. The molecule has 1 fully saturated rings. The van der Waals surface area contributed by atoms with Gasteiger partial charge in [0.2, 0.25) is 0 Å². The highest BCUT2D eigenvalue weighted by molar-refractivity contribution is 5.72. The minimum atomic E-state index is -0.310. The Kier molecular flexibility index (Phi) is 2.53. The van der Waals surface area contributed by atoms with Gasteiger partial charge in [-0.3, -0.25) is 4.90 Å². The highest BCUT2D eigenvalue weighted by Crippen LogP contribution is 2.46. The van der Waals surface area contributed by atoms with Crippen molar-refractivity contribution in [2.75, 3.05) is 6.61 Å². The fourth-order valence-corrected chi connectivity index (χ4v) is 3.64. The van der Waals surface area contributed by atoms with Crippen LogP contribution < -0.4 is 0 Å². The lowest BCUT2D eigenvalue weighted by Gasteiger charge is -2.35. The third-order valence-corrected chi connectivity index (χ3v) is 4.76. The van der Waals surface area contributed by atoms with Crippen molar-refractivity contribution in [1.82, 2.24) is 4.90 Å². The number of rotatable bonds is 0. The van der Waals surface area contributed by atoms with Crippen molar-refractivity contribution < 1.29 is 4.74 Å². The number of fused-ring (bicyclic) bond motifs is 5. The Morgan fingerprint density at radius 2 is 1.75 bits per heavy atom. The Morgan fingerprint density at radius 3 is 2.60 bits per heavy atom. The first-order valence-corrected chi connectivity index (χ1v) is 7.28. The predicted molar refractivity (Wildman–Crippen MR) is 80.2 cm³/mol. The summed E-state index contributed by atoms with van der Waals surface area (Å²) in [6, 6.07) is 17.8. The second-order valence-corrected chi connectivity index (χ2v) is 5.97. The van der Waals surface area contributed by atoms with Crippen LogP contribution >= 0.6 is 0 Å². The van der Waals surface area contributed by atoms with E-state index in [4.69, 9.17) is 4.74 Å². The first-order chi connectivity index (χ1) is 9.70. The largest absolute Gasteiger partial charge is 0.355 e. The van der Waals surface area contributed by atoms with Gasteiger partial charge in [-0.2, -0.15) is 0 Å². The van der Waals surface area contributed by atoms with Crippen molar-refractivity contribution in [1.29, 1.82) is 0 Å². The van der Waals surface area contributed by atoms with E-state index in [-0.39, 0.29) is 5.72 Å². The minimum absolute atomic E-state index is 0.310. The highest BCUT2D eigenvalue weighted by Gasteiger charge is 2.46. The lowest BCUT2D eigenvalue weighted by molar-refractivity contribution is -0.0782. The van der Waals surface area contributed by atoms with Crippen LogP contribution in [-0.4, -0.2) is 17.5 Å². The zero-order valence-electron chi connectivity index (χ0n) is 12.0. The van der Waals surface area contributed by atoms with Gasteiger partial charge in [0.25, 0.3) is 0 Å². The van der Waals surface area contributed by atoms with Crippen molar-refractivity contribution >= 4 is 0 Å². The molecule has 1 saturated heterocycles. The maximum Gasteiger partial charge on any atom is 0.146 e. The van der Waals surface area contributed by atoms with E-state index in [0.717, 1.165) is 13.2 Å². The first kappa shape index (κ1) is 12.1. The van der Waals surface area contributed by atoms with E-state index in [1.54, 1.807) is 0 Å². The van der Waals surface area contributed by atoms with E-state index in [0.29, 0.717) is 6.04 Å². The summed E-state index contributed by atoms with van der Waals surface area (Å²) in [6.45, 7) is 6.21. The van der Waals surface area contributed by atoms with Gasteiger partial charge in [0.15, 0.2) is 0 Å². The van der Waals surface area contributed by atoms with Gasteiger partial charge in [-0.15, -0.1) is 0 Å². The van der Waals surface area contributed by atoms with E-state index >= 15 is 0 Å². The van der Waals surface area contributed by atoms with E-state index in [1.165, 1.54) is 22.3 Å². The van der Waals surface area contributed by atoms with E-state index < -0.39 is 0 Å². The number of hydrogen-bond acceptors (Lipinski definition) is 2. The van der Waals surface area contributed by atoms with E-state index in [2.05, 4.69) is 67.3 Å². The van der Waals surface area contributed by atoms with Crippen molar-refractivity contribution in [3.05, 3.63) is 59.7 Å². The molecule has 0 bridgehead atoms. The number of hydrogen-bond donors (Lipinski definition) is 0. The molecule has 0 aromatic heterocycles. The Hall–Kier alpha value is -1.64. The van der Waals surface area contributed by atoms with Gasteiger partial charge in [0.05, 0.1) is 6.61 Å². The molecule has 102 valence electrons. The SMILES string of the molecule is C[C@H]1CO[C@]2(C)c3ccccc3-c3ccccc3CN12. The molecule has 2 heterocycles. The van der Waals surface area contributed by atoms with Crippen LogP contribution in [0.4, 0.5) is 0 Å². The van der Waals surface area contributed by atoms with Crippen LogP contribution in [0.25, 0.3) is 11.1 Å². The maximum atomic E-state index is 6.22. The smallest absolute Gasteiger partial charge is 0.146 e. The molecule has 2 aromatic carbocycles. The Labute approximate surface area is 120 Å². The van der Waals surface area contributed by atoms with Gasteiger partial charge in [-0.1, -0.05) is 48.5 Å². The zero-order valence-corrected chi connectivity index (χ0v) is 12.0. The van der Waals surface area contributed by atoms with Crippen LogP contribution in [0.3, 0.4) is 0 Å². The fraction of sp³-hybridized carbons (Fsp3) is 0.333. The molecule has 4 rings (SSSR count). The molecular formula is C18H19NO. The maximum absolute atomic E-state index is 6.22. The summed E-state index contributed by atoms with van der Waals surface area (Å²) in [5, 5.41) is 0. The first-order valence-electron chi connectivity index (χ1n) is 7.28. The van der Waals surface area contributed by atoms with Crippen LogP contribution in [0, 0.1) is 0 Å². The summed E-state index contributed by atoms with van der Waals surface area (Å²) in [5.41, 5.74) is 5.02. The van der Waals surface area contributed by atoms with Gasteiger partial charge in [0.1, 0.15) is 5.72 Å². The third kappa shape index (κ3) is 1.52. The van der Waals surface area contributed by atoms with Gasteiger partial charge >= 0.3 is 0 Å². The fourth-order valence-electron chi connectivity index (χ4n) is 3.64. The summed E-state index contributed by atoms with van der Waals surface area (Å²) < 4.78 is 6.22. The van der Waals surface area contributed by atoms with Crippen LogP contribution in [0.2, 0.25) is 0 Å². The molecule has 2 atom stereocenters. The van der Waals surface area contributed by atoms with Crippen molar-refractivity contribution in [2.24, 2.45) is 0 Å². The highest BCUT2D eigenvalue weighted by atomic mass is 16.5. The number of benzene rings is 2.